The van der Waals surface area contributed by atoms with Crippen molar-refractivity contribution < 1.29 is 19.0 Å². The van der Waals surface area contributed by atoms with Gasteiger partial charge in [-0.3, -0.25) is 9.36 Å². The van der Waals surface area contributed by atoms with Crippen molar-refractivity contribution in [3.05, 3.63) is 60.0 Å². The molecule has 28 heavy (non-hydrogen) atoms. The monoisotopic (exact) mass is 379 g/mol. The van der Waals surface area contributed by atoms with Gasteiger partial charge in [0.1, 0.15) is 29.4 Å². The van der Waals surface area contributed by atoms with Gasteiger partial charge in [0.15, 0.2) is 0 Å². The van der Waals surface area contributed by atoms with E-state index in [-0.39, 0.29) is 11.8 Å². The average molecular weight is 379 g/mol. The second-order valence-corrected chi connectivity index (χ2v) is 6.47. The molecule has 0 spiro atoms. The number of methoxy groups -OCH3 is 3. The first-order valence-electron chi connectivity index (χ1n) is 8.88. The Morgan fingerprint density at radius 3 is 2.57 bits per heavy atom. The summed E-state index contributed by atoms with van der Waals surface area (Å²) in [6.45, 7) is 0. The lowest BCUT2D eigenvalue weighted by Crippen LogP contribution is -2.25. The van der Waals surface area contributed by atoms with Crippen LogP contribution in [-0.4, -0.2) is 36.8 Å². The van der Waals surface area contributed by atoms with Crippen molar-refractivity contribution in [1.82, 2.24) is 9.55 Å². The molecule has 0 aliphatic carbocycles. The first-order valence-corrected chi connectivity index (χ1v) is 8.88. The highest BCUT2D eigenvalue weighted by Gasteiger charge is 2.31. The summed E-state index contributed by atoms with van der Waals surface area (Å²) in [5.74, 6) is 2.50. The van der Waals surface area contributed by atoms with E-state index in [0.717, 1.165) is 22.7 Å². The van der Waals surface area contributed by atoms with Crippen LogP contribution >= 0.6 is 0 Å². The number of ether oxygens (including phenoxy) is 3. The van der Waals surface area contributed by atoms with E-state index in [1.807, 2.05) is 41.0 Å². The van der Waals surface area contributed by atoms with Crippen molar-refractivity contribution in [1.29, 1.82) is 0 Å². The third-order valence-electron chi connectivity index (χ3n) is 4.92. The van der Waals surface area contributed by atoms with E-state index in [0.29, 0.717) is 23.7 Å². The van der Waals surface area contributed by atoms with Crippen LogP contribution in [0.4, 0.5) is 5.82 Å². The zero-order valence-electron chi connectivity index (χ0n) is 15.9. The molecule has 0 bridgehead atoms. The molecule has 2 aromatic carbocycles. The highest BCUT2D eigenvalue weighted by atomic mass is 16.5. The Hall–Kier alpha value is -3.48. The molecule has 1 aromatic heterocycles. The number of rotatable bonds is 5. The van der Waals surface area contributed by atoms with Crippen LogP contribution in [0.1, 0.15) is 23.6 Å². The number of nitrogens with one attached hydrogen (secondary N) is 1. The molecule has 3 aromatic rings. The van der Waals surface area contributed by atoms with Gasteiger partial charge in [-0.1, -0.05) is 12.1 Å². The second-order valence-electron chi connectivity index (χ2n) is 6.47. The van der Waals surface area contributed by atoms with E-state index in [4.69, 9.17) is 14.2 Å². The largest absolute Gasteiger partial charge is 0.497 e. The molecule has 0 saturated heterocycles. The van der Waals surface area contributed by atoms with Crippen LogP contribution in [0.3, 0.4) is 0 Å². The predicted octanol–water partition coefficient (Wildman–Crippen LogP) is 3.37. The Morgan fingerprint density at radius 1 is 1.04 bits per heavy atom. The molecule has 7 nitrogen and oxygen atoms in total. The van der Waals surface area contributed by atoms with Crippen LogP contribution in [-0.2, 0) is 4.79 Å². The van der Waals surface area contributed by atoms with Crippen molar-refractivity contribution in [2.24, 2.45) is 0 Å². The van der Waals surface area contributed by atoms with Gasteiger partial charge in [-0.15, -0.1) is 0 Å². The zero-order valence-corrected chi connectivity index (χ0v) is 15.9. The number of aromatic nitrogens is 2. The van der Waals surface area contributed by atoms with Gasteiger partial charge in [-0.05, 0) is 29.8 Å². The Kier molecular flexibility index (Phi) is 4.65. The SMILES string of the molecule is COc1cccc([C@@H]2CC(=O)Nc3c2ncn3-c2ccc(OC)cc2OC)c1. The number of amides is 1. The number of fused-ring (bicyclic) bond motifs is 1. The first-order chi connectivity index (χ1) is 13.6. The van der Waals surface area contributed by atoms with Gasteiger partial charge in [0, 0.05) is 18.4 Å². The van der Waals surface area contributed by atoms with Crippen molar-refractivity contribution in [3.8, 4) is 22.9 Å². The van der Waals surface area contributed by atoms with E-state index in [1.165, 1.54) is 0 Å². The van der Waals surface area contributed by atoms with E-state index >= 15 is 0 Å². The molecular weight excluding hydrogens is 358 g/mol. The molecule has 1 atom stereocenters. The summed E-state index contributed by atoms with van der Waals surface area (Å²) in [6, 6.07) is 13.3. The molecule has 4 rings (SSSR count). The third kappa shape index (κ3) is 3.05. The number of imidazole rings is 1. The smallest absolute Gasteiger partial charge is 0.226 e. The summed E-state index contributed by atoms with van der Waals surface area (Å²) in [5, 5.41) is 2.96. The molecule has 0 radical (unpaired) electrons. The number of hydrogen-bond donors (Lipinski definition) is 1. The van der Waals surface area contributed by atoms with Crippen LogP contribution in [0.2, 0.25) is 0 Å². The molecule has 2 heterocycles. The second kappa shape index (κ2) is 7.26. The molecule has 1 N–H and O–H groups in total. The van der Waals surface area contributed by atoms with Gasteiger partial charge in [0.2, 0.25) is 5.91 Å². The number of nitrogens with zero attached hydrogens (tertiary/aromatic N) is 2. The van der Waals surface area contributed by atoms with E-state index in [2.05, 4.69) is 10.3 Å². The zero-order chi connectivity index (χ0) is 19.7. The lowest BCUT2D eigenvalue weighted by molar-refractivity contribution is -0.116. The maximum Gasteiger partial charge on any atom is 0.226 e. The predicted molar refractivity (Wildman–Crippen MR) is 105 cm³/mol. The number of anilines is 1. The van der Waals surface area contributed by atoms with E-state index < -0.39 is 0 Å². The minimum atomic E-state index is -0.149. The molecule has 0 unspecified atom stereocenters. The van der Waals surface area contributed by atoms with Gasteiger partial charge < -0.3 is 19.5 Å². The summed E-state index contributed by atoms with van der Waals surface area (Å²) in [5.41, 5.74) is 2.57. The molecule has 0 saturated carbocycles. The van der Waals surface area contributed by atoms with Crippen molar-refractivity contribution in [2.75, 3.05) is 26.6 Å². The van der Waals surface area contributed by atoms with Crippen molar-refractivity contribution in [2.45, 2.75) is 12.3 Å². The quantitative estimate of drug-likeness (QED) is 0.736. The minimum absolute atomic E-state index is 0.0606. The molecule has 7 heteroatoms. The van der Waals surface area contributed by atoms with Crippen molar-refractivity contribution >= 4 is 11.7 Å². The van der Waals surface area contributed by atoms with Gasteiger partial charge in [0.25, 0.3) is 0 Å². The lowest BCUT2D eigenvalue weighted by Gasteiger charge is -2.24. The third-order valence-corrected chi connectivity index (χ3v) is 4.92. The van der Waals surface area contributed by atoms with E-state index in [9.17, 15) is 4.79 Å². The fraction of sp³-hybridized carbons (Fsp3) is 0.238. The van der Waals surface area contributed by atoms with Crippen LogP contribution in [0.15, 0.2) is 48.8 Å². The fourth-order valence-corrected chi connectivity index (χ4v) is 3.51. The Labute approximate surface area is 162 Å². The molecule has 1 aliphatic heterocycles. The lowest BCUT2D eigenvalue weighted by atomic mass is 9.89. The summed E-state index contributed by atoms with van der Waals surface area (Å²) < 4.78 is 17.9. The van der Waals surface area contributed by atoms with Gasteiger partial charge in [-0.25, -0.2) is 4.98 Å². The summed E-state index contributed by atoms with van der Waals surface area (Å²) >= 11 is 0. The molecular formula is C21H21N3O4. The normalized spacial score (nSPS) is 15.5. The van der Waals surface area contributed by atoms with Gasteiger partial charge in [0.05, 0.1) is 32.7 Å². The number of benzene rings is 2. The highest BCUT2D eigenvalue weighted by Crippen LogP contribution is 2.39. The average Bonchev–Trinajstić information content (AvgIpc) is 3.16. The number of hydrogen-bond acceptors (Lipinski definition) is 5. The Balaban J connectivity index is 1.81. The fourth-order valence-electron chi connectivity index (χ4n) is 3.51. The summed E-state index contributed by atoms with van der Waals surface area (Å²) in [4.78, 5) is 17.1. The van der Waals surface area contributed by atoms with Crippen molar-refractivity contribution in [3.63, 3.8) is 0 Å². The number of carbonyl (C=O) groups is 1. The topological polar surface area (TPSA) is 74.6 Å². The molecule has 144 valence electrons. The van der Waals surface area contributed by atoms with Gasteiger partial charge in [-0.2, -0.15) is 0 Å². The van der Waals surface area contributed by atoms with Crippen LogP contribution in [0, 0.1) is 0 Å². The first kappa shape index (κ1) is 17.9. The maximum atomic E-state index is 12.5. The maximum absolute atomic E-state index is 12.5. The minimum Gasteiger partial charge on any atom is -0.497 e. The highest BCUT2D eigenvalue weighted by molar-refractivity contribution is 5.94. The molecule has 1 aliphatic rings. The number of carbonyl (C=O) groups excluding carboxylic acids is 1. The van der Waals surface area contributed by atoms with Crippen LogP contribution < -0.4 is 19.5 Å². The molecule has 1 amide bonds. The van der Waals surface area contributed by atoms with E-state index in [1.54, 1.807) is 33.7 Å². The van der Waals surface area contributed by atoms with Crippen LogP contribution in [0.5, 0.6) is 17.2 Å². The van der Waals surface area contributed by atoms with Crippen LogP contribution in [0.25, 0.3) is 5.69 Å². The summed E-state index contributed by atoms with van der Waals surface area (Å²) in [6.07, 6.45) is 2.03. The molecule has 0 fully saturated rings. The standard InChI is InChI=1S/C21H21N3O4/c1-26-14-6-4-5-13(9-14)16-11-19(25)23-21-20(16)22-12-24(21)17-8-7-15(27-2)10-18(17)28-3/h4-10,12,16H,11H2,1-3H3,(H,23,25)/t16-/m0/s1. The Morgan fingerprint density at radius 2 is 1.82 bits per heavy atom. The summed E-state index contributed by atoms with van der Waals surface area (Å²) in [7, 11) is 4.83. The Bertz CT molecular complexity index is 1030. The van der Waals surface area contributed by atoms with Gasteiger partial charge >= 0.3 is 0 Å².